The van der Waals surface area contributed by atoms with Gasteiger partial charge < -0.3 is 15.0 Å². The molecular formula is C15H27N3O. The lowest BCUT2D eigenvalue weighted by atomic mass is 10.2. The highest BCUT2D eigenvalue weighted by atomic mass is 16.5. The van der Waals surface area contributed by atoms with E-state index in [1.54, 1.807) is 0 Å². The van der Waals surface area contributed by atoms with Gasteiger partial charge in [0.1, 0.15) is 5.75 Å². The molecule has 1 unspecified atom stereocenters. The summed E-state index contributed by atoms with van der Waals surface area (Å²) in [6.45, 7) is 7.10. The number of nitrogens with one attached hydrogen (secondary N) is 1. The molecule has 0 aliphatic heterocycles. The van der Waals surface area contributed by atoms with Crippen molar-refractivity contribution < 1.29 is 4.74 Å². The molecule has 108 valence electrons. The van der Waals surface area contributed by atoms with E-state index in [2.05, 4.69) is 43.1 Å². The fraction of sp³-hybridized carbons (Fsp3) is 0.667. The average molecular weight is 265 g/mol. The highest BCUT2D eigenvalue weighted by Crippen LogP contribution is 2.14. The van der Waals surface area contributed by atoms with Gasteiger partial charge in [-0.2, -0.15) is 0 Å². The van der Waals surface area contributed by atoms with Crippen molar-refractivity contribution in [1.82, 2.24) is 15.2 Å². The van der Waals surface area contributed by atoms with Gasteiger partial charge >= 0.3 is 0 Å². The van der Waals surface area contributed by atoms with Gasteiger partial charge in [0.15, 0.2) is 0 Å². The van der Waals surface area contributed by atoms with Gasteiger partial charge in [-0.1, -0.05) is 6.92 Å². The van der Waals surface area contributed by atoms with Crippen LogP contribution < -0.4 is 10.1 Å². The smallest absolute Gasteiger partial charge is 0.137 e. The van der Waals surface area contributed by atoms with Gasteiger partial charge in [0.05, 0.1) is 18.5 Å². The second kappa shape index (κ2) is 8.88. The Kier molecular flexibility index (Phi) is 7.45. The first-order valence-electron chi connectivity index (χ1n) is 7.10. The molecule has 0 spiro atoms. The summed E-state index contributed by atoms with van der Waals surface area (Å²) in [6.07, 6.45) is 3.98. The van der Waals surface area contributed by atoms with Crippen molar-refractivity contribution in [3.05, 3.63) is 24.0 Å². The molecule has 0 saturated carbocycles. The van der Waals surface area contributed by atoms with Crippen LogP contribution in [0.25, 0.3) is 0 Å². The van der Waals surface area contributed by atoms with Crippen molar-refractivity contribution in [2.75, 3.05) is 33.8 Å². The summed E-state index contributed by atoms with van der Waals surface area (Å²) < 4.78 is 5.66. The number of ether oxygens (including phenoxy) is 1. The van der Waals surface area contributed by atoms with Crippen molar-refractivity contribution in [2.45, 2.75) is 32.7 Å². The predicted molar refractivity (Wildman–Crippen MR) is 79.6 cm³/mol. The third-order valence-corrected chi connectivity index (χ3v) is 2.92. The highest BCUT2D eigenvalue weighted by molar-refractivity contribution is 5.21. The fourth-order valence-electron chi connectivity index (χ4n) is 1.77. The lowest BCUT2D eigenvalue weighted by Crippen LogP contribution is -2.20. The molecule has 1 heterocycles. The molecule has 1 atom stereocenters. The Hall–Kier alpha value is -1.13. The van der Waals surface area contributed by atoms with Crippen LogP contribution in [0.1, 0.15) is 38.4 Å². The van der Waals surface area contributed by atoms with Crippen LogP contribution >= 0.6 is 0 Å². The van der Waals surface area contributed by atoms with E-state index >= 15 is 0 Å². The van der Waals surface area contributed by atoms with Gasteiger partial charge in [-0.15, -0.1) is 0 Å². The summed E-state index contributed by atoms with van der Waals surface area (Å²) >= 11 is 0. The van der Waals surface area contributed by atoms with Crippen molar-refractivity contribution in [1.29, 1.82) is 0 Å². The van der Waals surface area contributed by atoms with E-state index in [4.69, 9.17) is 4.74 Å². The molecule has 4 heteroatoms. The van der Waals surface area contributed by atoms with Gasteiger partial charge in [-0.05, 0) is 52.5 Å². The van der Waals surface area contributed by atoms with Crippen molar-refractivity contribution in [3.63, 3.8) is 0 Å². The van der Waals surface area contributed by atoms with Gasteiger partial charge in [0, 0.05) is 12.6 Å². The van der Waals surface area contributed by atoms with E-state index in [0.717, 1.165) is 44.0 Å². The third kappa shape index (κ3) is 6.55. The Morgan fingerprint density at radius 3 is 2.74 bits per heavy atom. The lowest BCUT2D eigenvalue weighted by Gasteiger charge is -2.13. The number of hydrogen-bond acceptors (Lipinski definition) is 4. The molecule has 0 amide bonds. The van der Waals surface area contributed by atoms with Crippen LogP contribution in [0, 0.1) is 0 Å². The molecule has 1 N–H and O–H groups in total. The minimum absolute atomic E-state index is 0.294. The number of hydrogen-bond donors (Lipinski definition) is 1. The van der Waals surface area contributed by atoms with Crippen molar-refractivity contribution in [3.8, 4) is 5.75 Å². The normalized spacial score (nSPS) is 12.7. The summed E-state index contributed by atoms with van der Waals surface area (Å²) in [5.41, 5.74) is 1.06. The Morgan fingerprint density at radius 2 is 2.16 bits per heavy atom. The second-order valence-corrected chi connectivity index (χ2v) is 5.10. The summed E-state index contributed by atoms with van der Waals surface area (Å²) in [4.78, 5) is 6.61. The monoisotopic (exact) mass is 265 g/mol. The number of pyridine rings is 1. The van der Waals surface area contributed by atoms with Gasteiger partial charge in [-0.3, -0.25) is 4.98 Å². The summed E-state index contributed by atoms with van der Waals surface area (Å²) in [5, 5.41) is 3.42. The van der Waals surface area contributed by atoms with Crippen LogP contribution in [0.2, 0.25) is 0 Å². The second-order valence-electron chi connectivity index (χ2n) is 5.10. The summed E-state index contributed by atoms with van der Waals surface area (Å²) in [6, 6.07) is 4.33. The number of aromatic nitrogens is 1. The largest absolute Gasteiger partial charge is 0.492 e. The molecule has 1 aromatic heterocycles. The maximum atomic E-state index is 5.66. The van der Waals surface area contributed by atoms with Crippen LogP contribution in [0.3, 0.4) is 0 Å². The fourth-order valence-corrected chi connectivity index (χ4v) is 1.77. The first-order valence-corrected chi connectivity index (χ1v) is 7.10. The number of nitrogens with zero attached hydrogens (tertiary/aromatic N) is 2. The van der Waals surface area contributed by atoms with Crippen LogP contribution in [0.5, 0.6) is 5.75 Å². The Morgan fingerprint density at radius 1 is 1.37 bits per heavy atom. The molecule has 0 fully saturated rings. The molecule has 0 aliphatic carbocycles. The molecule has 0 radical (unpaired) electrons. The molecule has 0 aliphatic rings. The van der Waals surface area contributed by atoms with E-state index in [0.29, 0.717) is 6.04 Å². The van der Waals surface area contributed by atoms with Crippen molar-refractivity contribution in [2.24, 2.45) is 0 Å². The summed E-state index contributed by atoms with van der Waals surface area (Å²) in [5.74, 6) is 0.852. The van der Waals surface area contributed by atoms with Crippen LogP contribution in [0.15, 0.2) is 18.3 Å². The minimum Gasteiger partial charge on any atom is -0.492 e. The maximum Gasteiger partial charge on any atom is 0.137 e. The van der Waals surface area contributed by atoms with Crippen LogP contribution in [-0.4, -0.2) is 43.7 Å². The molecule has 1 rings (SSSR count). The van der Waals surface area contributed by atoms with E-state index in [9.17, 15) is 0 Å². The Bertz CT molecular complexity index is 338. The summed E-state index contributed by atoms with van der Waals surface area (Å²) in [7, 11) is 4.14. The minimum atomic E-state index is 0.294. The molecule has 0 aromatic carbocycles. The number of rotatable bonds is 9. The topological polar surface area (TPSA) is 37.4 Å². The van der Waals surface area contributed by atoms with Crippen molar-refractivity contribution >= 4 is 0 Å². The zero-order chi connectivity index (χ0) is 14.1. The molecule has 0 saturated heterocycles. The standard InChI is InChI=1S/C15H27N3O/c1-5-9-16-13(2)15-8-7-14(12-17-15)19-11-6-10-18(3)4/h7-8,12-13,16H,5-6,9-11H2,1-4H3. The van der Waals surface area contributed by atoms with Gasteiger partial charge in [0.25, 0.3) is 0 Å². The average Bonchev–Trinajstić information content (AvgIpc) is 2.41. The van der Waals surface area contributed by atoms with E-state index < -0.39 is 0 Å². The zero-order valence-electron chi connectivity index (χ0n) is 12.6. The Balaban J connectivity index is 2.34. The highest BCUT2D eigenvalue weighted by Gasteiger charge is 2.05. The first kappa shape index (κ1) is 15.9. The molecular weight excluding hydrogens is 238 g/mol. The Labute approximate surface area is 117 Å². The molecule has 19 heavy (non-hydrogen) atoms. The van der Waals surface area contributed by atoms with Gasteiger partial charge in [0.2, 0.25) is 0 Å². The molecule has 1 aromatic rings. The van der Waals surface area contributed by atoms with Gasteiger partial charge in [-0.25, -0.2) is 0 Å². The van der Waals surface area contributed by atoms with Crippen LogP contribution in [-0.2, 0) is 0 Å². The first-order chi connectivity index (χ1) is 9.13. The zero-order valence-corrected chi connectivity index (χ0v) is 12.6. The third-order valence-electron chi connectivity index (χ3n) is 2.92. The lowest BCUT2D eigenvalue weighted by molar-refractivity contribution is 0.280. The quantitative estimate of drug-likeness (QED) is 0.696. The predicted octanol–water partition coefficient (Wildman–Crippen LogP) is 2.47. The molecule has 4 nitrogen and oxygen atoms in total. The SMILES string of the molecule is CCCNC(C)c1ccc(OCCCN(C)C)cn1. The maximum absolute atomic E-state index is 5.66. The van der Waals surface area contributed by atoms with Crippen LogP contribution in [0.4, 0.5) is 0 Å². The van der Waals surface area contributed by atoms with E-state index in [1.165, 1.54) is 0 Å². The van der Waals surface area contributed by atoms with E-state index in [-0.39, 0.29) is 0 Å². The van der Waals surface area contributed by atoms with E-state index in [1.807, 2.05) is 18.3 Å². The molecule has 0 bridgehead atoms.